The molecule has 1 aromatic heterocycles. The van der Waals surface area contributed by atoms with Crippen molar-refractivity contribution in [1.29, 1.82) is 0 Å². The molecule has 13 heteroatoms. The summed E-state index contributed by atoms with van der Waals surface area (Å²) in [6.45, 7) is 3.26. The zero-order valence-electron chi connectivity index (χ0n) is 24.1. The summed E-state index contributed by atoms with van der Waals surface area (Å²) in [6, 6.07) is 1.40. The summed E-state index contributed by atoms with van der Waals surface area (Å²) in [5.41, 5.74) is 4.87. The van der Waals surface area contributed by atoms with Crippen LogP contribution >= 0.6 is 7.60 Å². The minimum absolute atomic E-state index is 0.0175. The predicted molar refractivity (Wildman–Crippen MR) is 153 cm³/mol. The van der Waals surface area contributed by atoms with E-state index < -0.39 is 25.6 Å². The fraction of sp³-hybridized carbons (Fsp3) is 0.741. The number of rotatable bonds is 21. The van der Waals surface area contributed by atoms with E-state index >= 15 is 0 Å². The molecule has 0 aromatic carbocycles. The van der Waals surface area contributed by atoms with Crippen LogP contribution in [0.4, 0.5) is 5.82 Å². The van der Waals surface area contributed by atoms with Crippen LogP contribution in [0.15, 0.2) is 28.6 Å². The second-order valence-corrected chi connectivity index (χ2v) is 11.9. The van der Waals surface area contributed by atoms with E-state index in [4.69, 9.17) is 24.5 Å². The molecule has 228 valence electrons. The van der Waals surface area contributed by atoms with Crippen molar-refractivity contribution in [3.63, 3.8) is 0 Å². The standard InChI is InChI=1S/C27H47N4O8P/c1-4-5-6-7-8-9-10-11-12-13-14-15-17-29-23(32)20-37-25-24(39-40(3,34)35)21(19-36-2)38-26(25)31-18-16-22(28)30-27(31)33/h16,18,25-26H,4-15,17,19-20H2,1-3H3,(H,29,32)(H,34,35)(H2,28,30,33)/t25?,26-/m1/s1. The van der Waals surface area contributed by atoms with Gasteiger partial charge in [0.15, 0.2) is 17.6 Å². The van der Waals surface area contributed by atoms with E-state index in [0.717, 1.165) is 30.5 Å². The van der Waals surface area contributed by atoms with Gasteiger partial charge in [0.2, 0.25) is 12.1 Å². The van der Waals surface area contributed by atoms with Crippen molar-refractivity contribution in [3.05, 3.63) is 34.3 Å². The van der Waals surface area contributed by atoms with Gasteiger partial charge in [-0.1, -0.05) is 77.6 Å². The van der Waals surface area contributed by atoms with Gasteiger partial charge in [-0.05, 0) is 12.5 Å². The summed E-state index contributed by atoms with van der Waals surface area (Å²) >= 11 is 0. The van der Waals surface area contributed by atoms with Crippen LogP contribution in [0.2, 0.25) is 0 Å². The van der Waals surface area contributed by atoms with E-state index in [0.29, 0.717) is 6.54 Å². The Labute approximate surface area is 237 Å². The lowest BCUT2D eigenvalue weighted by molar-refractivity contribution is -0.130. The Kier molecular flexibility index (Phi) is 15.3. The number of ether oxygens (including phenoxy) is 3. The third-order valence-electron chi connectivity index (χ3n) is 6.47. The summed E-state index contributed by atoms with van der Waals surface area (Å²) in [6.07, 6.45) is 13.8. The summed E-state index contributed by atoms with van der Waals surface area (Å²) < 4.78 is 35.2. The van der Waals surface area contributed by atoms with Crippen LogP contribution in [0.25, 0.3) is 0 Å². The zero-order valence-corrected chi connectivity index (χ0v) is 25.0. The molecule has 1 amide bonds. The largest absolute Gasteiger partial charge is 0.465 e. The Morgan fingerprint density at radius 1 is 1.12 bits per heavy atom. The summed E-state index contributed by atoms with van der Waals surface area (Å²) in [5.74, 6) is -0.413. The van der Waals surface area contributed by atoms with E-state index in [2.05, 4.69) is 17.2 Å². The van der Waals surface area contributed by atoms with Crippen molar-refractivity contribution in [2.24, 2.45) is 0 Å². The highest BCUT2D eigenvalue weighted by Gasteiger charge is 2.43. The van der Waals surface area contributed by atoms with E-state index in [1.807, 2.05) is 0 Å². The number of hydrogen-bond donors (Lipinski definition) is 3. The highest BCUT2D eigenvalue weighted by molar-refractivity contribution is 7.52. The number of aromatic nitrogens is 2. The average Bonchev–Trinajstić information content (AvgIpc) is 3.20. The van der Waals surface area contributed by atoms with Gasteiger partial charge in [-0.15, -0.1) is 0 Å². The van der Waals surface area contributed by atoms with Crippen molar-refractivity contribution in [2.75, 3.05) is 39.3 Å². The Bertz CT molecular complexity index is 1040. The number of nitrogens with two attached hydrogens (primary N) is 1. The zero-order chi connectivity index (χ0) is 29.4. The molecule has 0 spiro atoms. The number of carbonyl (C=O) groups is 1. The summed E-state index contributed by atoms with van der Waals surface area (Å²) in [4.78, 5) is 38.5. The maximum Gasteiger partial charge on any atom is 0.373 e. The van der Waals surface area contributed by atoms with Crippen molar-refractivity contribution in [1.82, 2.24) is 14.9 Å². The molecule has 3 atom stereocenters. The first-order valence-corrected chi connectivity index (χ1v) is 16.3. The third kappa shape index (κ3) is 12.4. The highest BCUT2D eigenvalue weighted by Crippen LogP contribution is 2.46. The van der Waals surface area contributed by atoms with Crippen molar-refractivity contribution in [3.8, 4) is 0 Å². The maximum atomic E-state index is 12.5. The Morgan fingerprint density at radius 2 is 1.73 bits per heavy atom. The molecule has 0 saturated carbocycles. The molecule has 12 nitrogen and oxygen atoms in total. The number of nitrogens with one attached hydrogen (secondary N) is 1. The average molecular weight is 587 g/mol. The number of anilines is 1. The van der Waals surface area contributed by atoms with Crippen molar-refractivity contribution >= 4 is 19.3 Å². The van der Waals surface area contributed by atoms with E-state index in [-0.39, 0.29) is 36.5 Å². The minimum Gasteiger partial charge on any atom is -0.465 e. The molecule has 2 rings (SSSR count). The first kappa shape index (κ1) is 33.8. The smallest absolute Gasteiger partial charge is 0.373 e. The molecule has 40 heavy (non-hydrogen) atoms. The number of nitrogen functional groups attached to an aromatic ring is 1. The molecule has 0 aliphatic carbocycles. The monoisotopic (exact) mass is 586 g/mol. The molecular formula is C27H47N4O8P. The summed E-state index contributed by atoms with van der Waals surface area (Å²) in [7, 11) is -2.63. The van der Waals surface area contributed by atoms with Crippen LogP contribution in [-0.4, -0.2) is 60.0 Å². The fourth-order valence-corrected chi connectivity index (χ4v) is 5.04. The quantitative estimate of drug-likeness (QED) is 0.140. The molecule has 0 radical (unpaired) electrons. The Hall–Kier alpha value is -2.40. The maximum absolute atomic E-state index is 12.5. The second kappa shape index (κ2) is 18.1. The normalized spacial score (nSPS) is 18.4. The van der Waals surface area contributed by atoms with Gasteiger partial charge in [0.1, 0.15) is 19.0 Å². The van der Waals surface area contributed by atoms with E-state index in [9.17, 15) is 19.0 Å². The molecule has 4 N–H and O–H groups in total. The number of carbonyl (C=O) groups excluding carboxylic acids is 1. The molecule has 0 fully saturated rings. The van der Waals surface area contributed by atoms with Crippen LogP contribution in [0, 0.1) is 0 Å². The van der Waals surface area contributed by atoms with Crippen LogP contribution < -0.4 is 16.7 Å². The van der Waals surface area contributed by atoms with Gasteiger partial charge < -0.3 is 34.7 Å². The topological polar surface area (TPSA) is 164 Å². The lowest BCUT2D eigenvalue weighted by Gasteiger charge is -2.23. The van der Waals surface area contributed by atoms with Crippen LogP contribution in [-0.2, 0) is 28.1 Å². The highest BCUT2D eigenvalue weighted by atomic mass is 31.2. The fourth-order valence-electron chi connectivity index (χ4n) is 4.47. The number of hydrogen-bond acceptors (Lipinski definition) is 9. The minimum atomic E-state index is -4.04. The molecule has 0 saturated heterocycles. The number of unbranched alkanes of at least 4 members (excludes halogenated alkanes) is 11. The van der Waals surface area contributed by atoms with Crippen LogP contribution in [0.3, 0.4) is 0 Å². The van der Waals surface area contributed by atoms with Gasteiger partial charge in [-0.3, -0.25) is 9.36 Å². The predicted octanol–water partition coefficient (Wildman–Crippen LogP) is 4.25. The lowest BCUT2D eigenvalue weighted by atomic mass is 10.1. The number of amides is 1. The second-order valence-electron chi connectivity index (χ2n) is 10.1. The molecular weight excluding hydrogens is 539 g/mol. The molecule has 1 aromatic rings. The molecule has 2 heterocycles. The molecule has 0 bridgehead atoms. The van der Waals surface area contributed by atoms with E-state index in [1.165, 1.54) is 77.2 Å². The van der Waals surface area contributed by atoms with Gasteiger partial charge in [-0.2, -0.15) is 4.98 Å². The van der Waals surface area contributed by atoms with Crippen molar-refractivity contribution in [2.45, 2.75) is 96.3 Å². The SMILES string of the molecule is CCCCCCCCCCCCCCNC(=O)COC1C(OP(C)(=O)O)=C(COC)O[C@H]1n1ccc(N)nc1=O. The Morgan fingerprint density at radius 3 is 2.27 bits per heavy atom. The molecule has 1 aliphatic rings. The first-order valence-electron chi connectivity index (χ1n) is 14.3. The van der Waals surface area contributed by atoms with Crippen LogP contribution in [0.5, 0.6) is 0 Å². The van der Waals surface area contributed by atoms with Gasteiger partial charge in [0.05, 0.1) is 0 Å². The van der Waals surface area contributed by atoms with Gasteiger partial charge >= 0.3 is 13.3 Å². The van der Waals surface area contributed by atoms with Crippen molar-refractivity contribution < 1.29 is 33.0 Å². The lowest BCUT2D eigenvalue weighted by Crippen LogP contribution is -2.37. The van der Waals surface area contributed by atoms with E-state index in [1.54, 1.807) is 0 Å². The molecule has 1 aliphatic heterocycles. The third-order valence-corrected chi connectivity index (χ3v) is 7.01. The molecule has 2 unspecified atom stereocenters. The number of methoxy groups -OCH3 is 1. The van der Waals surface area contributed by atoms with Crippen LogP contribution in [0.1, 0.15) is 90.2 Å². The Balaban J connectivity index is 1.82. The van der Waals surface area contributed by atoms with Gasteiger partial charge in [-0.25, -0.2) is 9.36 Å². The van der Waals surface area contributed by atoms with Gasteiger partial charge in [0.25, 0.3) is 0 Å². The first-order chi connectivity index (χ1) is 19.2. The number of nitrogens with zero attached hydrogens (tertiary/aromatic N) is 2. The van der Waals surface area contributed by atoms with Gasteiger partial charge in [0, 0.05) is 26.5 Å². The summed E-state index contributed by atoms with van der Waals surface area (Å²) in [5, 5.41) is 2.83.